The van der Waals surface area contributed by atoms with Crippen molar-refractivity contribution in [2.75, 3.05) is 7.11 Å². The number of aromatic hydroxyl groups is 1. The topological polar surface area (TPSA) is 62.3 Å². The van der Waals surface area contributed by atoms with Crippen LogP contribution in [0.1, 0.15) is 0 Å². The number of methoxy groups -OCH3 is 1. The number of ether oxygens (including phenoxy) is 1. The molecule has 1 aromatic heterocycles. The van der Waals surface area contributed by atoms with E-state index in [4.69, 9.17) is 4.74 Å². The molecule has 0 saturated carbocycles. The number of pyridine rings is 1. The summed E-state index contributed by atoms with van der Waals surface area (Å²) in [7, 11) is 1.54. The van der Waals surface area contributed by atoms with Gasteiger partial charge in [0, 0.05) is 17.5 Å². The van der Waals surface area contributed by atoms with Crippen LogP contribution in [0.25, 0.3) is 10.9 Å². The van der Waals surface area contributed by atoms with Crippen LogP contribution in [-0.4, -0.2) is 17.2 Å². The zero-order valence-corrected chi connectivity index (χ0v) is 7.57. The Bertz CT molecular complexity index is 530. The van der Waals surface area contributed by atoms with Crippen LogP contribution in [0.3, 0.4) is 0 Å². The van der Waals surface area contributed by atoms with Crippen LogP contribution in [0, 0.1) is 0 Å². The number of rotatable bonds is 1. The molecule has 1 heterocycles. The molecule has 0 aliphatic rings. The van der Waals surface area contributed by atoms with Crippen molar-refractivity contribution in [1.82, 2.24) is 4.98 Å². The predicted octanol–water partition coefficient (Wildman–Crippen LogP) is 1.24. The SMILES string of the molecule is COc1ccc2c(O)cc(=O)[nH]c2c1. The summed E-state index contributed by atoms with van der Waals surface area (Å²) in [6, 6.07) is 6.23. The van der Waals surface area contributed by atoms with Crippen molar-refractivity contribution in [2.45, 2.75) is 0 Å². The van der Waals surface area contributed by atoms with Gasteiger partial charge in [0.2, 0.25) is 0 Å². The lowest BCUT2D eigenvalue weighted by molar-refractivity contribution is 0.415. The second-order valence-electron chi connectivity index (χ2n) is 2.93. The third-order valence-electron chi connectivity index (χ3n) is 2.03. The van der Waals surface area contributed by atoms with E-state index in [2.05, 4.69) is 4.98 Å². The number of aromatic amines is 1. The number of aromatic nitrogens is 1. The summed E-state index contributed by atoms with van der Waals surface area (Å²) in [5.74, 6) is 0.616. The molecular weight excluding hydrogens is 182 g/mol. The first-order valence-corrected chi connectivity index (χ1v) is 4.11. The molecule has 0 radical (unpaired) electrons. The van der Waals surface area contributed by atoms with Gasteiger partial charge in [-0.3, -0.25) is 4.79 Å². The molecule has 14 heavy (non-hydrogen) atoms. The van der Waals surface area contributed by atoms with E-state index in [1.807, 2.05) is 0 Å². The van der Waals surface area contributed by atoms with Crippen molar-refractivity contribution in [3.8, 4) is 11.5 Å². The van der Waals surface area contributed by atoms with E-state index in [-0.39, 0.29) is 11.3 Å². The number of hydrogen-bond donors (Lipinski definition) is 2. The van der Waals surface area contributed by atoms with E-state index in [1.165, 1.54) is 0 Å². The summed E-state index contributed by atoms with van der Waals surface area (Å²) in [4.78, 5) is 13.7. The molecule has 4 nitrogen and oxygen atoms in total. The molecule has 4 heteroatoms. The van der Waals surface area contributed by atoms with E-state index in [0.29, 0.717) is 16.7 Å². The van der Waals surface area contributed by atoms with Crippen molar-refractivity contribution in [1.29, 1.82) is 0 Å². The van der Waals surface area contributed by atoms with Gasteiger partial charge in [-0.1, -0.05) is 0 Å². The number of nitrogens with one attached hydrogen (secondary N) is 1. The fourth-order valence-electron chi connectivity index (χ4n) is 1.35. The Balaban J connectivity index is 2.82. The molecule has 0 aliphatic carbocycles. The highest BCUT2D eigenvalue weighted by atomic mass is 16.5. The number of fused-ring (bicyclic) bond motifs is 1. The average molecular weight is 191 g/mol. The average Bonchev–Trinajstić information content (AvgIpc) is 2.16. The maximum Gasteiger partial charge on any atom is 0.252 e. The van der Waals surface area contributed by atoms with Gasteiger partial charge in [-0.05, 0) is 12.1 Å². The minimum Gasteiger partial charge on any atom is -0.507 e. The van der Waals surface area contributed by atoms with Crippen LogP contribution >= 0.6 is 0 Å². The van der Waals surface area contributed by atoms with E-state index >= 15 is 0 Å². The fourth-order valence-corrected chi connectivity index (χ4v) is 1.35. The molecule has 0 atom stereocenters. The predicted molar refractivity (Wildman–Crippen MR) is 52.8 cm³/mol. The van der Waals surface area contributed by atoms with Gasteiger partial charge >= 0.3 is 0 Å². The zero-order valence-electron chi connectivity index (χ0n) is 7.57. The lowest BCUT2D eigenvalue weighted by atomic mass is 10.2. The molecular formula is C10H9NO3. The van der Waals surface area contributed by atoms with Gasteiger partial charge in [-0.25, -0.2) is 0 Å². The molecule has 1 aromatic carbocycles. The smallest absolute Gasteiger partial charge is 0.252 e. The Kier molecular flexibility index (Phi) is 1.89. The maximum absolute atomic E-state index is 11.0. The monoisotopic (exact) mass is 191 g/mol. The van der Waals surface area contributed by atoms with Crippen molar-refractivity contribution < 1.29 is 9.84 Å². The Hall–Kier alpha value is -1.97. The summed E-state index contributed by atoms with van der Waals surface area (Å²) >= 11 is 0. The Morgan fingerprint density at radius 3 is 2.86 bits per heavy atom. The summed E-state index contributed by atoms with van der Waals surface area (Å²) in [6.45, 7) is 0. The summed E-state index contributed by atoms with van der Waals surface area (Å²) in [6.07, 6.45) is 0. The van der Waals surface area contributed by atoms with Crippen molar-refractivity contribution in [3.05, 3.63) is 34.6 Å². The summed E-state index contributed by atoms with van der Waals surface area (Å²) in [5, 5.41) is 10.1. The largest absolute Gasteiger partial charge is 0.507 e. The van der Waals surface area contributed by atoms with Crippen molar-refractivity contribution >= 4 is 10.9 Å². The van der Waals surface area contributed by atoms with E-state index in [0.717, 1.165) is 6.07 Å². The van der Waals surface area contributed by atoms with Gasteiger partial charge < -0.3 is 14.8 Å². The minimum atomic E-state index is -0.330. The van der Waals surface area contributed by atoms with Gasteiger partial charge in [0.1, 0.15) is 11.5 Å². The fraction of sp³-hybridized carbons (Fsp3) is 0.100. The highest BCUT2D eigenvalue weighted by molar-refractivity contribution is 5.85. The Morgan fingerprint density at radius 1 is 1.36 bits per heavy atom. The highest BCUT2D eigenvalue weighted by Gasteiger charge is 2.02. The second-order valence-corrected chi connectivity index (χ2v) is 2.93. The first kappa shape index (κ1) is 8.62. The summed E-state index contributed by atoms with van der Waals surface area (Å²) in [5.41, 5.74) is 0.234. The van der Waals surface area contributed by atoms with Crippen LogP contribution in [0.2, 0.25) is 0 Å². The van der Waals surface area contributed by atoms with Gasteiger partial charge in [0.15, 0.2) is 0 Å². The normalized spacial score (nSPS) is 10.4. The molecule has 0 spiro atoms. The molecule has 0 aliphatic heterocycles. The third kappa shape index (κ3) is 1.31. The maximum atomic E-state index is 11.0. The van der Waals surface area contributed by atoms with E-state index in [1.54, 1.807) is 25.3 Å². The standard InChI is InChI=1S/C10H9NO3/c1-14-6-2-3-7-8(4-6)11-10(13)5-9(7)12/h2-5H,1H3,(H2,11,12,13). The first-order chi connectivity index (χ1) is 6.70. The second kappa shape index (κ2) is 3.06. The van der Waals surface area contributed by atoms with Gasteiger partial charge in [0.25, 0.3) is 5.56 Å². The van der Waals surface area contributed by atoms with E-state index in [9.17, 15) is 9.90 Å². The van der Waals surface area contributed by atoms with Crippen molar-refractivity contribution in [2.24, 2.45) is 0 Å². The lowest BCUT2D eigenvalue weighted by Gasteiger charge is -2.03. The molecule has 0 unspecified atom stereocenters. The third-order valence-corrected chi connectivity index (χ3v) is 2.03. The van der Waals surface area contributed by atoms with Gasteiger partial charge in [-0.2, -0.15) is 0 Å². The lowest BCUT2D eigenvalue weighted by Crippen LogP contribution is -2.02. The molecule has 0 bridgehead atoms. The highest BCUT2D eigenvalue weighted by Crippen LogP contribution is 2.24. The van der Waals surface area contributed by atoms with Crippen LogP contribution < -0.4 is 10.3 Å². The first-order valence-electron chi connectivity index (χ1n) is 4.11. The van der Waals surface area contributed by atoms with Crippen LogP contribution in [-0.2, 0) is 0 Å². The molecule has 2 aromatic rings. The van der Waals surface area contributed by atoms with Gasteiger partial charge in [0.05, 0.1) is 12.6 Å². The molecule has 0 amide bonds. The molecule has 0 saturated heterocycles. The molecule has 2 N–H and O–H groups in total. The molecule has 0 fully saturated rings. The quantitative estimate of drug-likeness (QED) is 0.712. The molecule has 2 rings (SSSR count). The van der Waals surface area contributed by atoms with Crippen molar-refractivity contribution in [3.63, 3.8) is 0 Å². The Morgan fingerprint density at radius 2 is 2.14 bits per heavy atom. The number of benzene rings is 1. The summed E-state index contributed by atoms with van der Waals surface area (Å²) < 4.78 is 5.00. The van der Waals surface area contributed by atoms with Crippen LogP contribution in [0.5, 0.6) is 11.5 Å². The van der Waals surface area contributed by atoms with Crippen LogP contribution in [0.4, 0.5) is 0 Å². The van der Waals surface area contributed by atoms with Crippen LogP contribution in [0.15, 0.2) is 29.1 Å². The Labute approximate surface area is 79.8 Å². The minimum absolute atomic E-state index is 0.0218. The molecule has 72 valence electrons. The number of H-pyrrole nitrogens is 1. The van der Waals surface area contributed by atoms with Gasteiger partial charge in [-0.15, -0.1) is 0 Å². The van der Waals surface area contributed by atoms with E-state index < -0.39 is 0 Å². The number of hydrogen-bond acceptors (Lipinski definition) is 3. The zero-order chi connectivity index (χ0) is 10.1.